The second-order valence-electron chi connectivity index (χ2n) is 6.83. The smallest absolute Gasteiger partial charge is 0.326 e. The van der Waals surface area contributed by atoms with E-state index in [1.165, 1.54) is 4.90 Å². The fraction of sp³-hybridized carbons (Fsp3) is 0.750. The van der Waals surface area contributed by atoms with Gasteiger partial charge in [-0.2, -0.15) is 0 Å². The van der Waals surface area contributed by atoms with Gasteiger partial charge in [0.2, 0.25) is 17.7 Å². The van der Waals surface area contributed by atoms with Crippen LogP contribution in [0.25, 0.3) is 0 Å². The highest BCUT2D eigenvalue weighted by molar-refractivity contribution is 5.92. The van der Waals surface area contributed by atoms with Gasteiger partial charge in [-0.1, -0.05) is 13.8 Å². The maximum Gasteiger partial charge on any atom is 0.326 e. The van der Waals surface area contributed by atoms with Crippen LogP contribution in [0.2, 0.25) is 0 Å². The van der Waals surface area contributed by atoms with E-state index in [0.717, 1.165) is 0 Å². The van der Waals surface area contributed by atoms with E-state index in [1.54, 1.807) is 0 Å². The lowest BCUT2D eigenvalue weighted by Gasteiger charge is -2.29. The van der Waals surface area contributed by atoms with Gasteiger partial charge in [-0.05, 0) is 31.6 Å². The average molecular weight is 356 g/mol. The molecule has 0 spiro atoms. The first kappa shape index (κ1) is 20.9. The zero-order valence-electron chi connectivity index (χ0n) is 14.7. The van der Waals surface area contributed by atoms with Gasteiger partial charge in [0.05, 0.1) is 6.04 Å². The summed E-state index contributed by atoms with van der Waals surface area (Å²) in [6.45, 7) is 4.16. The first-order chi connectivity index (χ1) is 11.6. The molecule has 1 aliphatic rings. The van der Waals surface area contributed by atoms with Crippen molar-refractivity contribution in [3.63, 3.8) is 0 Å². The summed E-state index contributed by atoms with van der Waals surface area (Å²) in [7, 11) is 0. The number of nitrogens with zero attached hydrogens (tertiary/aromatic N) is 1. The molecule has 3 amide bonds. The molecule has 142 valence electrons. The normalized spacial score (nSPS) is 19.5. The van der Waals surface area contributed by atoms with Crippen LogP contribution >= 0.6 is 0 Å². The molecule has 0 aromatic carbocycles. The molecule has 0 radical (unpaired) electrons. The van der Waals surface area contributed by atoms with Crippen molar-refractivity contribution in [1.82, 2.24) is 10.2 Å². The van der Waals surface area contributed by atoms with Gasteiger partial charge in [0, 0.05) is 13.0 Å². The number of nitrogens with one attached hydrogen (secondary N) is 1. The predicted molar refractivity (Wildman–Crippen MR) is 90.2 cm³/mol. The van der Waals surface area contributed by atoms with E-state index in [9.17, 15) is 24.3 Å². The Morgan fingerprint density at radius 2 is 1.92 bits per heavy atom. The molecule has 1 fully saturated rings. The van der Waals surface area contributed by atoms with E-state index in [4.69, 9.17) is 11.5 Å². The predicted octanol–water partition coefficient (Wildman–Crippen LogP) is -0.814. The molecule has 0 aromatic rings. The molecular formula is C16H28N4O5. The maximum atomic E-state index is 12.8. The summed E-state index contributed by atoms with van der Waals surface area (Å²) >= 11 is 0. The van der Waals surface area contributed by atoms with Gasteiger partial charge in [0.1, 0.15) is 12.1 Å². The zero-order chi connectivity index (χ0) is 19.1. The van der Waals surface area contributed by atoms with E-state index in [1.807, 2.05) is 13.8 Å². The number of amides is 3. The van der Waals surface area contributed by atoms with Crippen molar-refractivity contribution >= 4 is 23.7 Å². The highest BCUT2D eigenvalue weighted by atomic mass is 16.4. The summed E-state index contributed by atoms with van der Waals surface area (Å²) < 4.78 is 0. The van der Waals surface area contributed by atoms with Gasteiger partial charge < -0.3 is 26.8 Å². The number of carbonyl (C=O) groups excluding carboxylic acids is 3. The van der Waals surface area contributed by atoms with Gasteiger partial charge in [0.15, 0.2) is 0 Å². The Hall–Kier alpha value is -2.16. The molecule has 0 aromatic heterocycles. The number of carboxylic acids is 1. The lowest BCUT2D eigenvalue weighted by Crippen LogP contribution is -2.54. The van der Waals surface area contributed by atoms with Crippen LogP contribution < -0.4 is 16.8 Å². The number of carboxylic acid groups (broad SMARTS) is 1. The Balaban J connectivity index is 2.79. The molecule has 9 heteroatoms. The largest absolute Gasteiger partial charge is 0.480 e. The van der Waals surface area contributed by atoms with Crippen LogP contribution in [0.3, 0.4) is 0 Å². The number of likely N-dealkylation sites (tertiary alicyclic amines) is 1. The Morgan fingerprint density at radius 3 is 2.44 bits per heavy atom. The van der Waals surface area contributed by atoms with Crippen molar-refractivity contribution in [3.8, 4) is 0 Å². The van der Waals surface area contributed by atoms with Crippen LogP contribution in [0.5, 0.6) is 0 Å². The number of nitrogens with two attached hydrogens (primary N) is 2. The molecule has 0 unspecified atom stereocenters. The third-order valence-corrected chi connectivity index (χ3v) is 4.18. The molecule has 0 bridgehead atoms. The van der Waals surface area contributed by atoms with Crippen LogP contribution in [-0.2, 0) is 19.2 Å². The minimum absolute atomic E-state index is 0.0232. The minimum Gasteiger partial charge on any atom is -0.480 e. The monoisotopic (exact) mass is 356 g/mol. The first-order valence-electron chi connectivity index (χ1n) is 8.51. The van der Waals surface area contributed by atoms with Crippen molar-refractivity contribution < 1.29 is 24.3 Å². The molecule has 1 rings (SSSR count). The highest BCUT2D eigenvalue weighted by Gasteiger charge is 2.38. The lowest BCUT2D eigenvalue weighted by atomic mass is 10.0. The van der Waals surface area contributed by atoms with Crippen LogP contribution in [-0.4, -0.2) is 58.4 Å². The Bertz CT molecular complexity index is 523. The second kappa shape index (κ2) is 9.36. The van der Waals surface area contributed by atoms with Crippen LogP contribution in [0.1, 0.15) is 46.0 Å². The number of primary amides is 1. The molecule has 0 saturated carbocycles. The quantitative estimate of drug-likeness (QED) is 0.423. The molecule has 6 N–H and O–H groups in total. The molecule has 1 saturated heterocycles. The number of hydrogen-bond donors (Lipinski definition) is 4. The minimum atomic E-state index is -1.04. The summed E-state index contributed by atoms with van der Waals surface area (Å²) in [6, 6.07) is -2.65. The van der Waals surface area contributed by atoms with Crippen LogP contribution in [0, 0.1) is 5.92 Å². The Labute approximate surface area is 147 Å². The molecule has 1 aliphatic heterocycles. The standard InChI is InChI=1S/C16H28N4O5/c1-9(2)8-11(19-14(22)10(17)5-6-13(18)21)15(23)20-7-3-4-12(20)16(24)25/h9-12H,3-8,17H2,1-2H3,(H2,18,21)(H,19,22)(H,24,25)/t10-,11-,12+/m0/s1. The number of rotatable bonds is 9. The van der Waals surface area contributed by atoms with Crippen molar-refractivity contribution in [2.45, 2.75) is 64.1 Å². The Morgan fingerprint density at radius 1 is 1.28 bits per heavy atom. The molecule has 1 heterocycles. The molecule has 9 nitrogen and oxygen atoms in total. The maximum absolute atomic E-state index is 12.8. The summed E-state index contributed by atoms with van der Waals surface area (Å²) in [6.07, 6.45) is 1.45. The van der Waals surface area contributed by atoms with E-state index in [-0.39, 0.29) is 18.8 Å². The topological polar surface area (TPSA) is 156 Å². The third-order valence-electron chi connectivity index (χ3n) is 4.18. The highest BCUT2D eigenvalue weighted by Crippen LogP contribution is 2.20. The van der Waals surface area contributed by atoms with Gasteiger partial charge >= 0.3 is 5.97 Å². The SMILES string of the molecule is CC(C)C[C@H](NC(=O)[C@@H](N)CCC(N)=O)C(=O)N1CCC[C@@H]1C(=O)O. The van der Waals surface area contributed by atoms with Gasteiger partial charge in [0.25, 0.3) is 0 Å². The van der Waals surface area contributed by atoms with Crippen molar-refractivity contribution in [2.75, 3.05) is 6.54 Å². The van der Waals surface area contributed by atoms with E-state index in [2.05, 4.69) is 5.32 Å². The molecule has 3 atom stereocenters. The van der Waals surface area contributed by atoms with Crippen molar-refractivity contribution in [2.24, 2.45) is 17.4 Å². The Kier molecular flexibility index (Phi) is 7.82. The number of hydrogen-bond acceptors (Lipinski definition) is 5. The average Bonchev–Trinajstić information content (AvgIpc) is 3.00. The van der Waals surface area contributed by atoms with Crippen LogP contribution in [0.4, 0.5) is 0 Å². The van der Waals surface area contributed by atoms with Gasteiger partial charge in [-0.25, -0.2) is 4.79 Å². The van der Waals surface area contributed by atoms with Gasteiger partial charge in [-0.15, -0.1) is 0 Å². The summed E-state index contributed by atoms with van der Waals surface area (Å²) in [4.78, 5) is 48.4. The van der Waals surface area contributed by atoms with Crippen molar-refractivity contribution in [3.05, 3.63) is 0 Å². The fourth-order valence-electron chi connectivity index (χ4n) is 2.89. The summed E-state index contributed by atoms with van der Waals surface area (Å²) in [5.41, 5.74) is 10.8. The van der Waals surface area contributed by atoms with E-state index in [0.29, 0.717) is 25.8 Å². The second-order valence-corrected chi connectivity index (χ2v) is 6.83. The van der Waals surface area contributed by atoms with Gasteiger partial charge in [-0.3, -0.25) is 14.4 Å². The molecule has 0 aliphatic carbocycles. The number of aliphatic carboxylic acids is 1. The summed E-state index contributed by atoms with van der Waals surface area (Å²) in [5, 5.41) is 11.9. The summed E-state index contributed by atoms with van der Waals surface area (Å²) in [5.74, 6) is -2.44. The number of carbonyl (C=O) groups is 4. The van der Waals surface area contributed by atoms with E-state index >= 15 is 0 Å². The first-order valence-corrected chi connectivity index (χ1v) is 8.51. The fourth-order valence-corrected chi connectivity index (χ4v) is 2.89. The lowest BCUT2D eigenvalue weighted by molar-refractivity contribution is -0.149. The van der Waals surface area contributed by atoms with Crippen molar-refractivity contribution in [1.29, 1.82) is 0 Å². The molecule has 25 heavy (non-hydrogen) atoms. The molecular weight excluding hydrogens is 328 g/mol. The van der Waals surface area contributed by atoms with E-state index < -0.39 is 41.8 Å². The van der Waals surface area contributed by atoms with Crippen LogP contribution in [0.15, 0.2) is 0 Å². The third kappa shape index (κ3) is 6.33. The zero-order valence-corrected chi connectivity index (χ0v) is 14.7.